The number of hydrazone groups is 1. The molecule has 86 valence electrons. The molecule has 7 heteroatoms. The van der Waals surface area contributed by atoms with E-state index in [1.807, 2.05) is 6.92 Å². The first-order valence-corrected chi connectivity index (χ1v) is 5.33. The van der Waals surface area contributed by atoms with Gasteiger partial charge in [-0.15, -0.1) is 0 Å². The minimum Gasteiger partial charge on any atom is -0.340 e. The minimum absolute atomic E-state index is 0.0727. The number of nitrogens with one attached hydrogen (secondary N) is 1. The molecule has 2 aromatic heterocycles. The van der Waals surface area contributed by atoms with Crippen LogP contribution >= 0.6 is 0 Å². The zero-order chi connectivity index (χ0) is 11.8. The normalized spacial score (nSPS) is 15.7. The van der Waals surface area contributed by atoms with Crippen molar-refractivity contribution in [2.75, 3.05) is 5.01 Å². The van der Waals surface area contributed by atoms with E-state index in [9.17, 15) is 4.79 Å². The molecule has 1 aliphatic rings. The molecule has 1 amide bonds. The van der Waals surface area contributed by atoms with Crippen molar-refractivity contribution in [3.05, 3.63) is 12.7 Å². The van der Waals surface area contributed by atoms with Gasteiger partial charge in [0, 0.05) is 5.71 Å². The van der Waals surface area contributed by atoms with Gasteiger partial charge in [-0.25, -0.2) is 15.0 Å². The number of hydrogen-bond donors (Lipinski definition) is 1. The number of rotatable bonds is 2. The van der Waals surface area contributed by atoms with Gasteiger partial charge < -0.3 is 4.98 Å². The van der Waals surface area contributed by atoms with Gasteiger partial charge >= 0.3 is 0 Å². The molecule has 17 heavy (non-hydrogen) atoms. The van der Waals surface area contributed by atoms with Crippen molar-refractivity contribution in [2.45, 2.75) is 19.8 Å². The zero-order valence-corrected chi connectivity index (χ0v) is 9.21. The molecule has 0 aromatic carbocycles. The van der Waals surface area contributed by atoms with Crippen LogP contribution in [-0.2, 0) is 4.79 Å². The number of imidazole rings is 1. The van der Waals surface area contributed by atoms with Crippen LogP contribution in [0.2, 0.25) is 0 Å². The number of anilines is 1. The highest BCUT2D eigenvalue weighted by Gasteiger charge is 2.27. The first-order chi connectivity index (χ1) is 8.29. The molecule has 0 saturated heterocycles. The van der Waals surface area contributed by atoms with Gasteiger partial charge in [0.05, 0.1) is 12.7 Å². The summed E-state index contributed by atoms with van der Waals surface area (Å²) in [5.41, 5.74) is 2.02. The monoisotopic (exact) mass is 230 g/mol. The number of carbonyl (C=O) groups is 1. The molecule has 0 aliphatic carbocycles. The van der Waals surface area contributed by atoms with Crippen LogP contribution in [0, 0.1) is 0 Å². The Morgan fingerprint density at radius 2 is 2.29 bits per heavy atom. The van der Waals surface area contributed by atoms with E-state index in [4.69, 9.17) is 0 Å². The Morgan fingerprint density at radius 3 is 3.06 bits per heavy atom. The number of amides is 1. The van der Waals surface area contributed by atoms with Gasteiger partial charge in [0.25, 0.3) is 5.91 Å². The molecular formula is C10H10N6O. The van der Waals surface area contributed by atoms with E-state index in [-0.39, 0.29) is 5.91 Å². The second kappa shape index (κ2) is 3.62. The Morgan fingerprint density at radius 1 is 1.41 bits per heavy atom. The lowest BCUT2D eigenvalue weighted by Gasteiger charge is -2.10. The highest BCUT2D eigenvalue weighted by atomic mass is 16.2. The average Bonchev–Trinajstić information content (AvgIpc) is 2.94. The number of aromatic amines is 1. The molecule has 3 rings (SSSR count). The van der Waals surface area contributed by atoms with E-state index >= 15 is 0 Å². The maximum Gasteiger partial charge on any atom is 0.254 e. The Kier molecular flexibility index (Phi) is 2.10. The molecule has 0 saturated carbocycles. The van der Waals surface area contributed by atoms with Crippen LogP contribution in [0.4, 0.5) is 5.82 Å². The van der Waals surface area contributed by atoms with E-state index in [1.165, 1.54) is 17.7 Å². The second-order valence-corrected chi connectivity index (χ2v) is 3.70. The van der Waals surface area contributed by atoms with Crippen LogP contribution in [0.15, 0.2) is 17.8 Å². The number of carbonyl (C=O) groups excluding carboxylic acids is 1. The van der Waals surface area contributed by atoms with Gasteiger partial charge in [0.2, 0.25) is 0 Å². The predicted molar refractivity (Wildman–Crippen MR) is 61.5 cm³/mol. The van der Waals surface area contributed by atoms with Crippen LogP contribution in [0.25, 0.3) is 11.2 Å². The summed E-state index contributed by atoms with van der Waals surface area (Å²) in [5, 5.41) is 5.57. The largest absolute Gasteiger partial charge is 0.340 e. The van der Waals surface area contributed by atoms with Crippen LogP contribution in [0.5, 0.6) is 0 Å². The fraction of sp³-hybridized carbons (Fsp3) is 0.300. The van der Waals surface area contributed by atoms with Crippen molar-refractivity contribution in [2.24, 2.45) is 5.10 Å². The summed E-state index contributed by atoms with van der Waals surface area (Å²) < 4.78 is 0. The van der Waals surface area contributed by atoms with E-state index in [0.717, 1.165) is 12.1 Å². The third-order valence-corrected chi connectivity index (χ3v) is 2.64. The second-order valence-electron chi connectivity index (χ2n) is 3.70. The molecule has 0 fully saturated rings. The van der Waals surface area contributed by atoms with Crippen LogP contribution in [-0.4, -0.2) is 31.6 Å². The summed E-state index contributed by atoms with van der Waals surface area (Å²) in [4.78, 5) is 26.9. The molecule has 0 atom stereocenters. The maximum atomic E-state index is 11.8. The maximum absolute atomic E-state index is 11.8. The van der Waals surface area contributed by atoms with Gasteiger partial charge in [-0.3, -0.25) is 4.79 Å². The summed E-state index contributed by atoms with van der Waals surface area (Å²) in [7, 11) is 0. The summed E-state index contributed by atoms with van der Waals surface area (Å²) in [6, 6.07) is 0. The number of nitrogens with zero attached hydrogens (tertiary/aromatic N) is 5. The van der Waals surface area contributed by atoms with Gasteiger partial charge in [0.1, 0.15) is 11.8 Å². The van der Waals surface area contributed by atoms with Crippen molar-refractivity contribution >= 4 is 28.6 Å². The molecule has 7 nitrogen and oxygen atoms in total. The summed E-state index contributed by atoms with van der Waals surface area (Å²) >= 11 is 0. The van der Waals surface area contributed by atoms with Crippen LogP contribution in [0.1, 0.15) is 19.8 Å². The molecule has 1 N–H and O–H groups in total. The van der Waals surface area contributed by atoms with Crippen LogP contribution < -0.4 is 5.01 Å². The summed E-state index contributed by atoms with van der Waals surface area (Å²) in [6.45, 7) is 1.97. The lowest BCUT2D eigenvalue weighted by atomic mass is 10.2. The molecule has 0 spiro atoms. The highest BCUT2D eigenvalue weighted by Crippen LogP contribution is 2.24. The molecule has 1 aliphatic heterocycles. The first-order valence-electron chi connectivity index (χ1n) is 5.33. The standard InChI is InChI=1S/C10H10N6O/c1-2-6-3-7(17)16(15-6)10-8-9(12-4-11-8)13-5-14-10/h4-5H,2-3H2,1H3,(H,11,12,13,14). The predicted octanol–water partition coefficient (Wildman–Crippen LogP) is 0.856. The van der Waals surface area contributed by atoms with Gasteiger partial charge in [-0.1, -0.05) is 6.92 Å². The van der Waals surface area contributed by atoms with E-state index in [2.05, 4.69) is 25.0 Å². The van der Waals surface area contributed by atoms with Crippen molar-refractivity contribution in [3.8, 4) is 0 Å². The Bertz CT molecular complexity index is 616. The molecule has 0 unspecified atom stereocenters. The Hall–Kier alpha value is -2.31. The number of aromatic nitrogens is 4. The van der Waals surface area contributed by atoms with E-state index in [0.29, 0.717) is 23.4 Å². The fourth-order valence-corrected chi connectivity index (χ4v) is 1.76. The summed E-state index contributed by atoms with van der Waals surface area (Å²) in [6.07, 6.45) is 4.02. The third kappa shape index (κ3) is 1.47. The number of fused-ring (bicyclic) bond motifs is 1. The topological polar surface area (TPSA) is 87.1 Å². The minimum atomic E-state index is -0.0727. The van der Waals surface area contributed by atoms with Crippen LogP contribution in [0.3, 0.4) is 0 Å². The number of hydrogen-bond acceptors (Lipinski definition) is 5. The smallest absolute Gasteiger partial charge is 0.254 e. The summed E-state index contributed by atoms with van der Waals surface area (Å²) in [5.74, 6) is 0.386. The number of H-pyrrole nitrogens is 1. The van der Waals surface area contributed by atoms with Gasteiger partial charge in [0.15, 0.2) is 11.5 Å². The Balaban J connectivity index is 2.12. The van der Waals surface area contributed by atoms with E-state index in [1.54, 1.807) is 0 Å². The van der Waals surface area contributed by atoms with E-state index < -0.39 is 0 Å². The quantitative estimate of drug-likeness (QED) is 0.828. The first kappa shape index (κ1) is 9.88. The lowest BCUT2D eigenvalue weighted by molar-refractivity contribution is -0.116. The SMILES string of the molecule is CCC1=NN(c2ncnc3nc[nH]c23)C(=O)C1. The average molecular weight is 230 g/mol. The van der Waals surface area contributed by atoms with Crippen molar-refractivity contribution in [1.29, 1.82) is 0 Å². The molecule has 3 heterocycles. The van der Waals surface area contributed by atoms with Crippen molar-refractivity contribution in [1.82, 2.24) is 19.9 Å². The highest BCUT2D eigenvalue weighted by molar-refractivity contribution is 6.14. The molecule has 2 aromatic rings. The van der Waals surface area contributed by atoms with Gasteiger partial charge in [-0.05, 0) is 6.42 Å². The zero-order valence-electron chi connectivity index (χ0n) is 9.21. The van der Waals surface area contributed by atoms with Crippen molar-refractivity contribution < 1.29 is 4.79 Å². The fourth-order valence-electron chi connectivity index (χ4n) is 1.76. The third-order valence-electron chi connectivity index (χ3n) is 2.64. The lowest BCUT2D eigenvalue weighted by Crippen LogP contribution is -2.21. The molecule has 0 bridgehead atoms. The Labute approximate surface area is 96.6 Å². The van der Waals surface area contributed by atoms with Gasteiger partial charge in [-0.2, -0.15) is 10.1 Å². The molecule has 0 radical (unpaired) electrons. The molecular weight excluding hydrogens is 220 g/mol. The van der Waals surface area contributed by atoms with Crippen molar-refractivity contribution in [3.63, 3.8) is 0 Å².